The molecular weight excluding hydrogens is 479 g/mol. The van der Waals surface area contributed by atoms with E-state index in [1.807, 2.05) is 0 Å². The minimum absolute atomic E-state index is 0.0247. The number of likely N-dealkylation sites (N-methyl/N-ethyl adjacent to an activating group) is 1. The third kappa shape index (κ3) is 5.58. The van der Waals surface area contributed by atoms with Gasteiger partial charge in [0.1, 0.15) is 17.6 Å². The quantitative estimate of drug-likeness (QED) is 0.331. The minimum Gasteiger partial charge on any atom is -0.460 e. The van der Waals surface area contributed by atoms with Gasteiger partial charge in [-0.25, -0.2) is 14.5 Å². The summed E-state index contributed by atoms with van der Waals surface area (Å²) in [5, 5.41) is 4.20. The van der Waals surface area contributed by atoms with E-state index in [2.05, 4.69) is 10.1 Å². The second-order valence-electron chi connectivity index (χ2n) is 9.81. The lowest BCUT2D eigenvalue weighted by Gasteiger charge is -2.20. The summed E-state index contributed by atoms with van der Waals surface area (Å²) < 4.78 is 46.6. The van der Waals surface area contributed by atoms with E-state index in [9.17, 15) is 27.6 Å². The molecule has 0 N–H and O–H groups in total. The number of aromatic nitrogens is 3. The van der Waals surface area contributed by atoms with Crippen molar-refractivity contribution < 1.29 is 32.3 Å². The van der Waals surface area contributed by atoms with Crippen molar-refractivity contribution in [3.8, 4) is 11.4 Å². The molecule has 1 saturated carbocycles. The highest BCUT2D eigenvalue weighted by Crippen LogP contribution is 2.43. The highest BCUT2D eigenvalue weighted by atomic mass is 19.4. The number of hydrogen-bond donors (Lipinski definition) is 0. The number of hydrogen-bond acceptors (Lipinski definition) is 6. The summed E-state index contributed by atoms with van der Waals surface area (Å²) in [6.07, 6.45) is -0.494. The van der Waals surface area contributed by atoms with Crippen molar-refractivity contribution in [2.24, 2.45) is 0 Å². The Labute approximate surface area is 205 Å². The number of rotatable bonds is 6. The molecular formula is C24H26F3N5O4. The van der Waals surface area contributed by atoms with Crippen LogP contribution in [0.3, 0.4) is 0 Å². The molecule has 1 aromatic carbocycles. The molecule has 36 heavy (non-hydrogen) atoms. The number of carbonyl (C=O) groups excluding carboxylic acids is 3. The Morgan fingerprint density at radius 1 is 1.17 bits per heavy atom. The van der Waals surface area contributed by atoms with Crippen molar-refractivity contribution in [2.45, 2.75) is 57.7 Å². The monoisotopic (exact) mass is 505 g/mol. The molecule has 1 aliphatic carbocycles. The smallest absolute Gasteiger partial charge is 0.416 e. The topological polar surface area (TPSA) is 97.6 Å². The summed E-state index contributed by atoms with van der Waals surface area (Å²) >= 11 is 0. The summed E-state index contributed by atoms with van der Waals surface area (Å²) in [6, 6.07) is 3.17. The van der Waals surface area contributed by atoms with Crippen LogP contribution in [0, 0.1) is 0 Å². The Balaban J connectivity index is 1.54. The molecule has 2 aromatic rings. The van der Waals surface area contributed by atoms with E-state index >= 15 is 0 Å². The van der Waals surface area contributed by atoms with Gasteiger partial charge in [-0.1, -0.05) is 0 Å². The Morgan fingerprint density at radius 3 is 2.47 bits per heavy atom. The number of alkyl halides is 3. The largest absolute Gasteiger partial charge is 0.460 e. The van der Waals surface area contributed by atoms with Crippen LogP contribution in [0.2, 0.25) is 0 Å². The molecule has 0 spiro atoms. The van der Waals surface area contributed by atoms with Gasteiger partial charge >= 0.3 is 18.2 Å². The lowest BCUT2D eigenvalue weighted by Crippen LogP contribution is -2.34. The number of carbonyl (C=O) groups is 3. The minimum atomic E-state index is -4.51. The third-order valence-corrected chi connectivity index (χ3v) is 5.66. The molecule has 2 fully saturated rings. The maximum absolute atomic E-state index is 13.4. The number of ether oxygens (including phenoxy) is 1. The van der Waals surface area contributed by atoms with E-state index < -0.39 is 35.2 Å². The first-order valence-corrected chi connectivity index (χ1v) is 11.4. The predicted molar refractivity (Wildman–Crippen MR) is 122 cm³/mol. The molecule has 12 heteroatoms. The summed E-state index contributed by atoms with van der Waals surface area (Å²) in [6.45, 7) is 4.98. The first kappa shape index (κ1) is 25.4. The fourth-order valence-electron chi connectivity index (χ4n) is 3.78. The maximum Gasteiger partial charge on any atom is 0.416 e. The van der Waals surface area contributed by atoms with Gasteiger partial charge in [-0.3, -0.25) is 19.4 Å². The van der Waals surface area contributed by atoms with Crippen LogP contribution >= 0.6 is 0 Å². The fourth-order valence-corrected chi connectivity index (χ4v) is 3.78. The van der Waals surface area contributed by atoms with Crippen LogP contribution in [0.5, 0.6) is 0 Å². The van der Waals surface area contributed by atoms with Crippen LogP contribution in [0.15, 0.2) is 30.2 Å². The molecule has 0 bridgehead atoms. The van der Waals surface area contributed by atoms with Crippen molar-refractivity contribution in [3.05, 3.63) is 41.4 Å². The second kappa shape index (κ2) is 9.07. The van der Waals surface area contributed by atoms with E-state index in [1.54, 1.807) is 26.8 Å². The summed E-state index contributed by atoms with van der Waals surface area (Å²) in [7, 11) is 1.39. The van der Waals surface area contributed by atoms with Gasteiger partial charge in [0.25, 0.3) is 5.91 Å². The Kier molecular flexibility index (Phi) is 6.40. The number of esters is 1. The zero-order valence-electron chi connectivity index (χ0n) is 20.3. The first-order valence-electron chi connectivity index (χ1n) is 11.4. The molecule has 2 aliphatic rings. The summed E-state index contributed by atoms with van der Waals surface area (Å²) in [5.41, 5.74) is -0.685. The number of benzene rings is 1. The van der Waals surface area contributed by atoms with Crippen LogP contribution in [-0.2, 0) is 20.5 Å². The Bertz CT molecular complexity index is 1240. The van der Waals surface area contributed by atoms with Gasteiger partial charge in [0, 0.05) is 19.2 Å². The predicted octanol–water partition coefficient (Wildman–Crippen LogP) is 4.27. The summed E-state index contributed by atoms with van der Waals surface area (Å²) in [5.74, 6) is -1.03. The van der Waals surface area contributed by atoms with Crippen LogP contribution in [-0.4, -0.2) is 61.7 Å². The standard InChI is InChI=1S/C24H26F3N5O4/c1-23(2,3)36-19(33)7-8-32-21(34)18(30(4)22(32)35)12-31-13-28-20(29-31)16-9-15(14-5-6-14)10-17(11-16)24(25,26)27/h9-14H,5-8H2,1-4H3/b18-12-. The molecule has 9 nitrogen and oxygen atoms in total. The van der Waals surface area contributed by atoms with E-state index in [0.717, 1.165) is 34.8 Å². The van der Waals surface area contributed by atoms with Gasteiger partial charge in [-0.2, -0.15) is 13.2 Å². The van der Waals surface area contributed by atoms with Crippen LogP contribution in [0.1, 0.15) is 57.1 Å². The normalized spacial score (nSPS) is 17.9. The van der Waals surface area contributed by atoms with Gasteiger partial charge in [-0.15, -0.1) is 5.10 Å². The molecule has 0 unspecified atom stereocenters. The van der Waals surface area contributed by atoms with E-state index in [0.29, 0.717) is 5.56 Å². The van der Waals surface area contributed by atoms with Gasteiger partial charge in [0.15, 0.2) is 5.82 Å². The first-order chi connectivity index (χ1) is 16.7. The lowest BCUT2D eigenvalue weighted by atomic mass is 10.0. The van der Waals surface area contributed by atoms with Crippen LogP contribution in [0.4, 0.5) is 18.0 Å². The molecule has 1 aromatic heterocycles. The molecule has 1 saturated heterocycles. The van der Waals surface area contributed by atoms with Crippen molar-refractivity contribution in [1.29, 1.82) is 0 Å². The lowest BCUT2D eigenvalue weighted by molar-refractivity contribution is -0.155. The number of nitrogens with zero attached hydrogens (tertiary/aromatic N) is 5. The molecule has 2 heterocycles. The van der Waals surface area contributed by atoms with Crippen molar-refractivity contribution in [2.75, 3.05) is 13.6 Å². The highest BCUT2D eigenvalue weighted by Gasteiger charge is 2.39. The molecule has 0 radical (unpaired) electrons. The fraction of sp³-hybridized carbons (Fsp3) is 0.458. The van der Waals surface area contributed by atoms with E-state index in [4.69, 9.17) is 4.74 Å². The van der Waals surface area contributed by atoms with Crippen LogP contribution in [0.25, 0.3) is 17.6 Å². The number of halogens is 3. The molecule has 4 rings (SSSR count). The second-order valence-corrected chi connectivity index (χ2v) is 9.81. The van der Waals surface area contributed by atoms with Crippen molar-refractivity contribution in [1.82, 2.24) is 24.6 Å². The third-order valence-electron chi connectivity index (χ3n) is 5.66. The number of imide groups is 1. The van der Waals surface area contributed by atoms with Gasteiger partial charge in [0.05, 0.1) is 18.2 Å². The van der Waals surface area contributed by atoms with E-state index in [-0.39, 0.29) is 36.0 Å². The molecule has 0 atom stereocenters. The summed E-state index contributed by atoms with van der Waals surface area (Å²) in [4.78, 5) is 43.5. The van der Waals surface area contributed by atoms with Gasteiger partial charge in [-0.05, 0) is 63.3 Å². The van der Waals surface area contributed by atoms with Gasteiger partial charge < -0.3 is 4.74 Å². The molecule has 192 valence electrons. The SMILES string of the molecule is CN1C(=O)N(CCC(=O)OC(C)(C)C)C(=O)/C1=C/n1cnc(-c2cc(C3CC3)cc(C(F)(F)F)c2)n1. The Morgan fingerprint density at radius 2 is 1.86 bits per heavy atom. The zero-order chi connectivity index (χ0) is 26.4. The van der Waals surface area contributed by atoms with Crippen LogP contribution < -0.4 is 0 Å². The molecule has 1 aliphatic heterocycles. The maximum atomic E-state index is 13.4. The van der Waals surface area contributed by atoms with Crippen molar-refractivity contribution in [3.63, 3.8) is 0 Å². The van der Waals surface area contributed by atoms with Gasteiger partial charge in [0.2, 0.25) is 0 Å². The average molecular weight is 505 g/mol. The average Bonchev–Trinajstić information content (AvgIpc) is 3.48. The Hall–Kier alpha value is -3.70. The zero-order valence-corrected chi connectivity index (χ0v) is 20.3. The highest BCUT2D eigenvalue weighted by molar-refractivity contribution is 6.13. The van der Waals surface area contributed by atoms with Crippen molar-refractivity contribution >= 4 is 24.1 Å². The van der Waals surface area contributed by atoms with E-state index in [1.165, 1.54) is 24.3 Å². The molecule has 3 amide bonds. The number of amides is 3. The number of urea groups is 1.